The Morgan fingerprint density at radius 2 is 2.03 bits per heavy atom. The maximum Gasteiger partial charge on any atom is 0.329 e. The second-order valence-corrected chi connectivity index (χ2v) is 11.6. The first-order valence-electron chi connectivity index (χ1n) is 11.7. The van der Waals surface area contributed by atoms with Gasteiger partial charge in [-0.1, -0.05) is 33.8 Å². The molecule has 0 radical (unpaired) electrons. The summed E-state index contributed by atoms with van der Waals surface area (Å²) in [5, 5.41) is 9.05. The van der Waals surface area contributed by atoms with Crippen LogP contribution in [0.25, 0.3) is 0 Å². The van der Waals surface area contributed by atoms with Crippen LogP contribution >= 0.6 is 23.1 Å². The molecule has 34 heavy (non-hydrogen) atoms. The van der Waals surface area contributed by atoms with Gasteiger partial charge in [0, 0.05) is 11.1 Å². The minimum absolute atomic E-state index is 0.00118. The SMILES string of the molecule is CC(C)CC/C=C/[C@@H]1CC(=O)NCc2nc(cs2)C2=N[C@@](C)(CS2)C(=O)N[C@@H](C(C)C)C(=O)O1. The number of hydrogen-bond acceptors (Lipinski definition) is 8. The van der Waals surface area contributed by atoms with Gasteiger partial charge in [0.1, 0.15) is 33.4 Å². The highest BCUT2D eigenvalue weighted by atomic mass is 32.2. The molecule has 2 amide bonds. The summed E-state index contributed by atoms with van der Waals surface area (Å²) in [4.78, 5) is 48.1. The Bertz CT molecular complexity index is 972. The zero-order chi connectivity index (χ0) is 24.9. The third kappa shape index (κ3) is 6.91. The number of allylic oxidation sites excluding steroid dienone is 1. The molecule has 8 nitrogen and oxygen atoms in total. The van der Waals surface area contributed by atoms with Crippen LogP contribution in [-0.4, -0.2) is 51.2 Å². The molecule has 0 saturated carbocycles. The lowest BCUT2D eigenvalue weighted by Gasteiger charge is -2.27. The van der Waals surface area contributed by atoms with Crippen LogP contribution in [0.5, 0.6) is 0 Å². The van der Waals surface area contributed by atoms with E-state index in [9.17, 15) is 14.4 Å². The lowest BCUT2D eigenvalue weighted by molar-refractivity contribution is -0.153. The van der Waals surface area contributed by atoms with Gasteiger partial charge in [-0.2, -0.15) is 0 Å². The number of thioether (sulfide) groups is 1. The van der Waals surface area contributed by atoms with Crippen molar-refractivity contribution in [3.8, 4) is 0 Å². The highest BCUT2D eigenvalue weighted by molar-refractivity contribution is 8.14. The molecule has 186 valence electrons. The van der Waals surface area contributed by atoms with Crippen molar-refractivity contribution in [1.82, 2.24) is 15.6 Å². The van der Waals surface area contributed by atoms with Crippen LogP contribution in [-0.2, 0) is 25.7 Å². The predicted octanol–water partition coefficient (Wildman–Crippen LogP) is 3.46. The molecule has 3 rings (SSSR count). The second kappa shape index (κ2) is 11.5. The Balaban J connectivity index is 1.87. The van der Waals surface area contributed by atoms with Crippen LogP contribution in [0.3, 0.4) is 0 Å². The molecule has 3 heterocycles. The van der Waals surface area contributed by atoms with Gasteiger partial charge in [-0.25, -0.2) is 9.78 Å². The zero-order valence-corrected chi connectivity index (χ0v) is 22.1. The molecule has 0 aromatic carbocycles. The van der Waals surface area contributed by atoms with E-state index in [1.807, 2.05) is 25.3 Å². The number of ether oxygens (including phenoxy) is 1. The molecule has 0 aliphatic carbocycles. The van der Waals surface area contributed by atoms with Crippen LogP contribution in [0.1, 0.15) is 64.6 Å². The maximum atomic E-state index is 13.2. The van der Waals surface area contributed by atoms with Gasteiger partial charge in [-0.15, -0.1) is 23.1 Å². The summed E-state index contributed by atoms with van der Waals surface area (Å²) in [5.74, 6) is -0.302. The topological polar surface area (TPSA) is 110 Å². The van der Waals surface area contributed by atoms with Crippen LogP contribution < -0.4 is 10.6 Å². The number of hydrogen-bond donors (Lipinski definition) is 2. The zero-order valence-electron chi connectivity index (χ0n) is 20.4. The van der Waals surface area contributed by atoms with Crippen LogP contribution in [0, 0.1) is 11.8 Å². The first kappa shape index (κ1) is 26.4. The van der Waals surface area contributed by atoms with E-state index < -0.39 is 23.7 Å². The number of thiazole rings is 1. The normalized spacial score (nSPS) is 26.6. The van der Waals surface area contributed by atoms with Crippen molar-refractivity contribution in [3.63, 3.8) is 0 Å². The lowest BCUT2D eigenvalue weighted by Crippen LogP contribution is -2.53. The fraction of sp³-hybridized carbons (Fsp3) is 0.625. The number of esters is 1. The Labute approximate surface area is 209 Å². The van der Waals surface area contributed by atoms with E-state index >= 15 is 0 Å². The summed E-state index contributed by atoms with van der Waals surface area (Å²) >= 11 is 2.90. The Morgan fingerprint density at radius 3 is 2.74 bits per heavy atom. The van der Waals surface area contributed by atoms with Crippen LogP contribution in [0.4, 0.5) is 0 Å². The van der Waals surface area contributed by atoms with E-state index in [1.54, 1.807) is 13.0 Å². The molecule has 10 heteroatoms. The summed E-state index contributed by atoms with van der Waals surface area (Å²) in [6, 6.07) is -0.845. The van der Waals surface area contributed by atoms with E-state index in [-0.39, 0.29) is 30.7 Å². The fourth-order valence-corrected chi connectivity index (χ4v) is 5.43. The van der Waals surface area contributed by atoms with Gasteiger partial charge in [-0.3, -0.25) is 14.6 Å². The van der Waals surface area contributed by atoms with Crippen molar-refractivity contribution in [2.75, 3.05) is 5.75 Å². The molecular formula is C24H34N4O4S2. The summed E-state index contributed by atoms with van der Waals surface area (Å²) in [6.07, 6.45) is 4.83. The highest BCUT2D eigenvalue weighted by Crippen LogP contribution is 2.32. The van der Waals surface area contributed by atoms with Crippen molar-refractivity contribution >= 4 is 45.9 Å². The number of aromatic nitrogens is 1. The van der Waals surface area contributed by atoms with E-state index in [1.165, 1.54) is 23.1 Å². The van der Waals surface area contributed by atoms with Crippen molar-refractivity contribution in [3.05, 3.63) is 28.2 Å². The van der Waals surface area contributed by atoms with Crippen molar-refractivity contribution in [2.24, 2.45) is 16.8 Å². The molecule has 1 aromatic rings. The van der Waals surface area contributed by atoms with Crippen LogP contribution in [0.2, 0.25) is 0 Å². The number of rotatable bonds is 5. The summed E-state index contributed by atoms with van der Waals surface area (Å²) < 4.78 is 5.74. The number of cyclic esters (lactones) is 1. The molecule has 0 spiro atoms. The van der Waals surface area contributed by atoms with Gasteiger partial charge in [0.25, 0.3) is 0 Å². The number of fused-ring (bicyclic) bond motifs is 4. The molecule has 3 atom stereocenters. The van der Waals surface area contributed by atoms with Gasteiger partial charge < -0.3 is 15.4 Å². The van der Waals surface area contributed by atoms with Crippen molar-refractivity contribution < 1.29 is 19.1 Å². The quantitative estimate of drug-likeness (QED) is 0.468. The van der Waals surface area contributed by atoms with Crippen LogP contribution in [0.15, 0.2) is 22.5 Å². The molecule has 0 saturated heterocycles. The van der Waals surface area contributed by atoms with Gasteiger partial charge in [-0.05, 0) is 37.7 Å². The smallest absolute Gasteiger partial charge is 0.329 e. The van der Waals surface area contributed by atoms with E-state index in [4.69, 9.17) is 4.74 Å². The van der Waals surface area contributed by atoms with Crippen molar-refractivity contribution in [2.45, 2.75) is 78.1 Å². The van der Waals surface area contributed by atoms with Gasteiger partial charge in [0.05, 0.1) is 13.0 Å². The van der Waals surface area contributed by atoms with Gasteiger partial charge >= 0.3 is 5.97 Å². The maximum absolute atomic E-state index is 13.2. The number of carbonyl (C=O) groups excluding carboxylic acids is 3. The lowest BCUT2D eigenvalue weighted by atomic mass is 10.0. The van der Waals surface area contributed by atoms with Gasteiger partial charge in [0.2, 0.25) is 11.8 Å². The van der Waals surface area contributed by atoms with E-state index in [0.717, 1.165) is 17.8 Å². The molecular weight excluding hydrogens is 472 g/mol. The number of nitrogens with zero attached hydrogens (tertiary/aromatic N) is 2. The third-order valence-electron chi connectivity index (χ3n) is 5.66. The average Bonchev–Trinajstić information content (AvgIpc) is 3.39. The molecule has 2 aliphatic rings. The molecule has 2 aliphatic heterocycles. The average molecular weight is 507 g/mol. The Morgan fingerprint density at radius 1 is 1.26 bits per heavy atom. The summed E-state index contributed by atoms with van der Waals surface area (Å²) in [6.45, 7) is 10.0. The summed E-state index contributed by atoms with van der Waals surface area (Å²) in [5.41, 5.74) is -0.299. The monoisotopic (exact) mass is 506 g/mol. The first-order chi connectivity index (χ1) is 16.1. The minimum Gasteiger partial charge on any atom is -0.456 e. The molecule has 1 aromatic heterocycles. The number of carbonyl (C=O) groups is 3. The largest absolute Gasteiger partial charge is 0.456 e. The molecule has 2 N–H and O–H groups in total. The number of amides is 2. The minimum atomic E-state index is -1.00. The second-order valence-electron chi connectivity index (χ2n) is 9.66. The van der Waals surface area contributed by atoms with E-state index in [2.05, 4.69) is 34.5 Å². The number of nitrogens with one attached hydrogen (secondary N) is 2. The Hall–Kier alpha value is -2.20. The molecule has 0 unspecified atom stereocenters. The Kier molecular flexibility index (Phi) is 8.92. The van der Waals surface area contributed by atoms with Crippen molar-refractivity contribution in [1.29, 1.82) is 0 Å². The first-order valence-corrected chi connectivity index (χ1v) is 13.6. The standard InChI is InChI=1S/C24H34N4O4S2/c1-14(2)8-6-7-9-16-10-18(29)25-11-19-26-17(12-33-19)21-28-24(5,13-34-21)23(31)27-20(15(3)4)22(30)32-16/h7,9,12,14-16,20H,6,8,10-11,13H2,1-5H3,(H,25,29)(H,27,31)/b9-7+/t16-,20+,24+/m1/s1. The number of aliphatic imine (C=N–C) groups is 1. The fourth-order valence-electron chi connectivity index (χ4n) is 3.51. The molecule has 0 fully saturated rings. The molecule has 4 bridgehead atoms. The third-order valence-corrected chi connectivity index (χ3v) is 7.79. The van der Waals surface area contributed by atoms with E-state index in [0.29, 0.717) is 22.4 Å². The predicted molar refractivity (Wildman–Crippen MR) is 136 cm³/mol. The highest BCUT2D eigenvalue weighted by Gasteiger charge is 2.41. The van der Waals surface area contributed by atoms with Gasteiger partial charge in [0.15, 0.2) is 0 Å². The summed E-state index contributed by atoms with van der Waals surface area (Å²) in [7, 11) is 0.